The summed E-state index contributed by atoms with van der Waals surface area (Å²) in [6.45, 7) is 8.55. The average Bonchev–Trinajstić information content (AvgIpc) is 2.87. The van der Waals surface area contributed by atoms with E-state index in [9.17, 15) is 4.79 Å². The largest absolute Gasteiger partial charge is 0.351 e. The highest BCUT2D eigenvalue weighted by molar-refractivity contribution is 8.00. The maximum absolute atomic E-state index is 12.5. The lowest BCUT2D eigenvalue weighted by Crippen LogP contribution is -2.30. The molecular formula is C19H21N3OS2. The third kappa shape index (κ3) is 4.02. The maximum atomic E-state index is 12.5. The summed E-state index contributed by atoms with van der Waals surface area (Å²) >= 11 is 3.19. The Kier molecular flexibility index (Phi) is 5.39. The predicted molar refractivity (Wildman–Crippen MR) is 105 cm³/mol. The lowest BCUT2D eigenvalue weighted by atomic mass is 10.2. The van der Waals surface area contributed by atoms with Crippen molar-refractivity contribution in [2.45, 2.75) is 44.5 Å². The fraction of sp³-hybridized carbons (Fsp3) is 0.316. The van der Waals surface area contributed by atoms with Crippen LogP contribution in [0.15, 0.2) is 35.4 Å². The molecule has 3 rings (SSSR count). The van der Waals surface area contributed by atoms with E-state index in [0.29, 0.717) is 6.54 Å². The van der Waals surface area contributed by atoms with E-state index in [-0.39, 0.29) is 11.2 Å². The molecule has 4 nitrogen and oxygen atoms in total. The van der Waals surface area contributed by atoms with Crippen LogP contribution in [0.3, 0.4) is 0 Å². The van der Waals surface area contributed by atoms with Crippen molar-refractivity contribution in [3.8, 4) is 0 Å². The lowest BCUT2D eigenvalue weighted by Gasteiger charge is -2.13. The molecule has 1 aromatic carbocycles. The number of hydrogen-bond donors (Lipinski definition) is 1. The SMILES string of the molecule is Cc1nc(SC(C)C(=O)NCc2ccccc2)c2c(C)c(C)sc2n1. The minimum Gasteiger partial charge on any atom is -0.351 e. The predicted octanol–water partition coefficient (Wildman–Crippen LogP) is 4.41. The van der Waals surface area contributed by atoms with Gasteiger partial charge in [-0.3, -0.25) is 4.79 Å². The quantitative estimate of drug-likeness (QED) is 0.533. The molecule has 2 heterocycles. The number of rotatable bonds is 5. The van der Waals surface area contributed by atoms with Crippen molar-refractivity contribution < 1.29 is 4.79 Å². The van der Waals surface area contributed by atoms with E-state index in [1.54, 1.807) is 11.3 Å². The normalized spacial score (nSPS) is 12.3. The van der Waals surface area contributed by atoms with Crippen LogP contribution in [0.2, 0.25) is 0 Å². The zero-order valence-corrected chi connectivity index (χ0v) is 16.4. The minimum atomic E-state index is -0.221. The Hall–Kier alpha value is -1.92. The molecule has 0 saturated heterocycles. The van der Waals surface area contributed by atoms with Gasteiger partial charge in [-0.05, 0) is 38.8 Å². The number of hydrogen-bond acceptors (Lipinski definition) is 5. The first-order valence-electron chi connectivity index (χ1n) is 8.18. The van der Waals surface area contributed by atoms with Crippen molar-refractivity contribution in [2.75, 3.05) is 0 Å². The number of nitrogens with one attached hydrogen (secondary N) is 1. The van der Waals surface area contributed by atoms with E-state index in [2.05, 4.69) is 29.1 Å². The summed E-state index contributed by atoms with van der Waals surface area (Å²) in [5.41, 5.74) is 2.30. The first-order valence-corrected chi connectivity index (χ1v) is 9.88. The van der Waals surface area contributed by atoms with E-state index in [1.165, 1.54) is 22.2 Å². The molecule has 1 unspecified atom stereocenters. The molecule has 25 heavy (non-hydrogen) atoms. The number of thiophene rings is 1. The van der Waals surface area contributed by atoms with E-state index in [0.717, 1.165) is 26.6 Å². The number of carbonyl (C=O) groups excluding carboxylic acids is 1. The van der Waals surface area contributed by atoms with Gasteiger partial charge < -0.3 is 5.32 Å². The molecule has 0 aliphatic rings. The highest BCUT2D eigenvalue weighted by atomic mass is 32.2. The van der Waals surface area contributed by atoms with Gasteiger partial charge in [-0.1, -0.05) is 42.1 Å². The molecule has 1 N–H and O–H groups in total. The molecule has 0 aliphatic heterocycles. The fourth-order valence-electron chi connectivity index (χ4n) is 2.55. The molecule has 0 bridgehead atoms. The molecule has 2 aromatic heterocycles. The van der Waals surface area contributed by atoms with Gasteiger partial charge in [0.1, 0.15) is 15.7 Å². The van der Waals surface area contributed by atoms with E-state index in [4.69, 9.17) is 0 Å². The van der Waals surface area contributed by atoms with Gasteiger partial charge in [0.05, 0.1) is 5.25 Å². The highest BCUT2D eigenvalue weighted by Gasteiger charge is 2.20. The van der Waals surface area contributed by atoms with Crippen LogP contribution in [-0.2, 0) is 11.3 Å². The van der Waals surface area contributed by atoms with Gasteiger partial charge in [0.25, 0.3) is 0 Å². The van der Waals surface area contributed by atoms with Crippen molar-refractivity contribution in [3.63, 3.8) is 0 Å². The fourth-order valence-corrected chi connectivity index (χ4v) is 4.77. The van der Waals surface area contributed by atoms with Crippen LogP contribution in [0, 0.1) is 20.8 Å². The van der Waals surface area contributed by atoms with Crippen molar-refractivity contribution in [2.24, 2.45) is 0 Å². The van der Waals surface area contributed by atoms with Crippen molar-refractivity contribution in [3.05, 3.63) is 52.2 Å². The van der Waals surface area contributed by atoms with Crippen molar-refractivity contribution >= 4 is 39.2 Å². The summed E-state index contributed by atoms with van der Waals surface area (Å²) < 4.78 is 0. The Morgan fingerprint density at radius 1 is 1.20 bits per heavy atom. The molecule has 0 spiro atoms. The highest BCUT2D eigenvalue weighted by Crippen LogP contribution is 2.36. The van der Waals surface area contributed by atoms with Gasteiger partial charge in [0, 0.05) is 16.8 Å². The number of benzene rings is 1. The van der Waals surface area contributed by atoms with Gasteiger partial charge in [-0.15, -0.1) is 11.3 Å². The Labute approximate surface area is 156 Å². The van der Waals surface area contributed by atoms with Gasteiger partial charge in [0.2, 0.25) is 5.91 Å². The number of carbonyl (C=O) groups is 1. The van der Waals surface area contributed by atoms with Crippen molar-refractivity contribution in [1.82, 2.24) is 15.3 Å². The van der Waals surface area contributed by atoms with Crippen LogP contribution >= 0.6 is 23.1 Å². The molecule has 1 amide bonds. The van der Waals surface area contributed by atoms with E-state index < -0.39 is 0 Å². The second kappa shape index (κ2) is 7.54. The number of nitrogens with zero attached hydrogens (tertiary/aromatic N) is 2. The number of thioether (sulfide) groups is 1. The maximum Gasteiger partial charge on any atom is 0.233 e. The standard InChI is InChI=1S/C19H21N3OS2/c1-11-12(2)24-18-16(11)19(22-14(4)21-18)25-13(3)17(23)20-10-15-8-6-5-7-9-15/h5-9,13H,10H2,1-4H3,(H,20,23). The summed E-state index contributed by atoms with van der Waals surface area (Å²) in [6, 6.07) is 9.93. The van der Waals surface area contributed by atoms with Crippen LogP contribution in [0.25, 0.3) is 10.2 Å². The second-order valence-corrected chi connectivity index (χ2v) is 8.54. The first kappa shape index (κ1) is 17.9. The summed E-state index contributed by atoms with van der Waals surface area (Å²) in [4.78, 5) is 23.8. The zero-order chi connectivity index (χ0) is 18.0. The second-order valence-electron chi connectivity index (χ2n) is 6.00. The summed E-state index contributed by atoms with van der Waals surface area (Å²) in [6.07, 6.45) is 0. The summed E-state index contributed by atoms with van der Waals surface area (Å²) in [7, 11) is 0. The Morgan fingerprint density at radius 3 is 2.64 bits per heavy atom. The molecule has 130 valence electrons. The topological polar surface area (TPSA) is 54.9 Å². The number of fused-ring (bicyclic) bond motifs is 1. The molecule has 0 saturated carbocycles. The summed E-state index contributed by atoms with van der Waals surface area (Å²) in [5, 5.41) is 4.76. The Morgan fingerprint density at radius 2 is 1.92 bits per heavy atom. The third-order valence-corrected chi connectivity index (χ3v) is 6.26. The summed E-state index contributed by atoms with van der Waals surface area (Å²) in [5.74, 6) is 0.760. The molecule has 6 heteroatoms. The Bertz CT molecular complexity index is 906. The minimum absolute atomic E-state index is 0.0165. The lowest BCUT2D eigenvalue weighted by molar-refractivity contribution is -0.120. The van der Waals surface area contributed by atoms with Crippen LogP contribution in [0.1, 0.15) is 28.8 Å². The van der Waals surface area contributed by atoms with Gasteiger partial charge in [-0.25, -0.2) is 9.97 Å². The van der Waals surface area contributed by atoms with E-state index in [1.807, 2.05) is 44.2 Å². The van der Waals surface area contributed by atoms with Crippen LogP contribution < -0.4 is 5.32 Å². The molecule has 0 radical (unpaired) electrons. The van der Waals surface area contributed by atoms with Crippen LogP contribution in [0.4, 0.5) is 0 Å². The van der Waals surface area contributed by atoms with Gasteiger partial charge >= 0.3 is 0 Å². The number of aryl methyl sites for hydroxylation is 3. The third-order valence-electron chi connectivity index (χ3n) is 4.07. The smallest absolute Gasteiger partial charge is 0.233 e. The average molecular weight is 372 g/mol. The molecule has 0 fully saturated rings. The number of amides is 1. The molecule has 0 aliphatic carbocycles. The van der Waals surface area contributed by atoms with Crippen LogP contribution in [-0.4, -0.2) is 21.1 Å². The molecular weight excluding hydrogens is 350 g/mol. The van der Waals surface area contributed by atoms with Gasteiger partial charge in [0.15, 0.2) is 0 Å². The first-order chi connectivity index (χ1) is 12.0. The molecule has 1 atom stereocenters. The zero-order valence-electron chi connectivity index (χ0n) is 14.8. The van der Waals surface area contributed by atoms with Gasteiger partial charge in [-0.2, -0.15) is 0 Å². The van der Waals surface area contributed by atoms with Crippen LogP contribution in [0.5, 0.6) is 0 Å². The number of aromatic nitrogens is 2. The monoisotopic (exact) mass is 371 g/mol. The van der Waals surface area contributed by atoms with E-state index >= 15 is 0 Å². The Balaban J connectivity index is 1.75. The van der Waals surface area contributed by atoms with Crippen molar-refractivity contribution in [1.29, 1.82) is 0 Å². The molecule has 3 aromatic rings.